The Bertz CT molecular complexity index is 683. The van der Waals surface area contributed by atoms with Gasteiger partial charge in [0.25, 0.3) is 0 Å². The van der Waals surface area contributed by atoms with E-state index in [4.69, 9.17) is 16.3 Å². The molecule has 5 heteroatoms. The molecule has 4 nitrogen and oxygen atoms in total. The van der Waals surface area contributed by atoms with E-state index in [0.717, 1.165) is 41.4 Å². The topological polar surface area (TPSA) is 47.0 Å². The standard InChI is InChI=1S/C16H18ClN3O/c1-9-4-7-12(17)8-13(9)21-16-10(2)14(18-3)19-15(20-16)11-5-6-11/h4,7-8,11H,5-6H2,1-3H3,(H,18,19,20). The second kappa shape index (κ2) is 5.53. The average Bonchev–Trinajstić information content (AvgIpc) is 3.29. The van der Waals surface area contributed by atoms with Crippen LogP contribution in [0.1, 0.15) is 35.7 Å². The molecule has 1 heterocycles. The van der Waals surface area contributed by atoms with Crippen molar-refractivity contribution in [2.24, 2.45) is 0 Å². The minimum Gasteiger partial charge on any atom is -0.438 e. The molecule has 3 rings (SSSR count). The van der Waals surface area contributed by atoms with Gasteiger partial charge >= 0.3 is 0 Å². The molecule has 1 aliphatic carbocycles. The minimum atomic E-state index is 0.473. The Morgan fingerprint density at radius 3 is 2.67 bits per heavy atom. The summed E-state index contributed by atoms with van der Waals surface area (Å²) >= 11 is 6.05. The van der Waals surface area contributed by atoms with Crippen LogP contribution in [-0.4, -0.2) is 17.0 Å². The van der Waals surface area contributed by atoms with Gasteiger partial charge in [0.2, 0.25) is 5.88 Å². The van der Waals surface area contributed by atoms with Crippen molar-refractivity contribution in [1.82, 2.24) is 9.97 Å². The van der Waals surface area contributed by atoms with Gasteiger partial charge in [-0.05, 0) is 44.4 Å². The zero-order chi connectivity index (χ0) is 15.0. The number of rotatable bonds is 4. The quantitative estimate of drug-likeness (QED) is 0.906. The molecule has 1 aromatic heterocycles. The lowest BCUT2D eigenvalue weighted by Crippen LogP contribution is -2.05. The smallest absolute Gasteiger partial charge is 0.227 e. The van der Waals surface area contributed by atoms with Crippen LogP contribution in [0.15, 0.2) is 18.2 Å². The van der Waals surface area contributed by atoms with E-state index in [-0.39, 0.29) is 0 Å². The van der Waals surface area contributed by atoms with Gasteiger partial charge in [-0.25, -0.2) is 4.98 Å². The number of aromatic nitrogens is 2. The summed E-state index contributed by atoms with van der Waals surface area (Å²) in [4.78, 5) is 9.16. The Labute approximate surface area is 129 Å². The van der Waals surface area contributed by atoms with Crippen molar-refractivity contribution in [3.05, 3.63) is 40.2 Å². The van der Waals surface area contributed by atoms with Crippen molar-refractivity contribution in [1.29, 1.82) is 0 Å². The molecule has 2 aromatic rings. The first-order valence-electron chi connectivity index (χ1n) is 7.08. The lowest BCUT2D eigenvalue weighted by molar-refractivity contribution is 0.451. The molecule has 0 saturated heterocycles. The van der Waals surface area contributed by atoms with Crippen LogP contribution >= 0.6 is 11.6 Å². The molecule has 1 aromatic carbocycles. The Hall–Kier alpha value is -1.81. The molecule has 1 saturated carbocycles. The van der Waals surface area contributed by atoms with Gasteiger partial charge in [-0.1, -0.05) is 17.7 Å². The number of ether oxygens (including phenoxy) is 1. The Morgan fingerprint density at radius 2 is 2.00 bits per heavy atom. The Balaban J connectivity index is 2.00. The number of anilines is 1. The maximum Gasteiger partial charge on any atom is 0.227 e. The molecule has 0 radical (unpaired) electrons. The number of hydrogen-bond donors (Lipinski definition) is 1. The second-order valence-corrected chi connectivity index (χ2v) is 5.83. The van der Waals surface area contributed by atoms with E-state index in [0.29, 0.717) is 16.8 Å². The summed E-state index contributed by atoms with van der Waals surface area (Å²) in [6, 6.07) is 5.61. The third-order valence-electron chi connectivity index (χ3n) is 3.65. The van der Waals surface area contributed by atoms with E-state index in [9.17, 15) is 0 Å². The molecule has 0 aliphatic heterocycles. The van der Waals surface area contributed by atoms with Gasteiger partial charge in [0.1, 0.15) is 17.4 Å². The Morgan fingerprint density at radius 1 is 1.24 bits per heavy atom. The highest BCUT2D eigenvalue weighted by Crippen LogP contribution is 2.40. The second-order valence-electron chi connectivity index (χ2n) is 5.40. The fourth-order valence-corrected chi connectivity index (χ4v) is 2.33. The fourth-order valence-electron chi connectivity index (χ4n) is 2.17. The van der Waals surface area contributed by atoms with Gasteiger partial charge in [-0.15, -0.1) is 0 Å². The number of halogens is 1. The summed E-state index contributed by atoms with van der Waals surface area (Å²) < 4.78 is 6.01. The predicted octanol–water partition coefficient (Wildman–Crippen LogP) is 4.46. The molecule has 0 amide bonds. The van der Waals surface area contributed by atoms with E-state index < -0.39 is 0 Å². The van der Waals surface area contributed by atoms with Crippen molar-refractivity contribution in [2.45, 2.75) is 32.6 Å². The van der Waals surface area contributed by atoms with Crippen molar-refractivity contribution < 1.29 is 4.74 Å². The first kappa shape index (κ1) is 14.1. The minimum absolute atomic E-state index is 0.473. The SMILES string of the molecule is CNc1nc(C2CC2)nc(Oc2cc(Cl)ccc2C)c1C. The number of hydrogen-bond acceptors (Lipinski definition) is 4. The van der Waals surface area contributed by atoms with Crippen molar-refractivity contribution in [2.75, 3.05) is 12.4 Å². The molecule has 21 heavy (non-hydrogen) atoms. The van der Waals surface area contributed by atoms with Crippen molar-refractivity contribution >= 4 is 17.4 Å². The van der Waals surface area contributed by atoms with Gasteiger partial charge < -0.3 is 10.1 Å². The lowest BCUT2D eigenvalue weighted by atomic mass is 10.2. The van der Waals surface area contributed by atoms with Crippen LogP contribution in [0.3, 0.4) is 0 Å². The highest BCUT2D eigenvalue weighted by atomic mass is 35.5. The van der Waals surface area contributed by atoms with E-state index in [2.05, 4.69) is 15.3 Å². The van der Waals surface area contributed by atoms with E-state index in [1.807, 2.05) is 39.1 Å². The van der Waals surface area contributed by atoms with Crippen LogP contribution in [-0.2, 0) is 0 Å². The number of benzene rings is 1. The molecule has 0 bridgehead atoms. The molecule has 1 fully saturated rings. The first-order valence-corrected chi connectivity index (χ1v) is 7.46. The van der Waals surface area contributed by atoms with Gasteiger partial charge in [0.15, 0.2) is 0 Å². The van der Waals surface area contributed by atoms with Crippen LogP contribution < -0.4 is 10.1 Å². The third kappa shape index (κ3) is 2.95. The third-order valence-corrected chi connectivity index (χ3v) is 3.89. The average molecular weight is 304 g/mol. The van der Waals surface area contributed by atoms with Crippen LogP contribution in [0.5, 0.6) is 11.6 Å². The first-order chi connectivity index (χ1) is 10.1. The van der Waals surface area contributed by atoms with Crippen LogP contribution in [0.4, 0.5) is 5.82 Å². The number of aryl methyl sites for hydroxylation is 1. The zero-order valence-corrected chi connectivity index (χ0v) is 13.2. The summed E-state index contributed by atoms with van der Waals surface area (Å²) in [5.41, 5.74) is 1.93. The largest absolute Gasteiger partial charge is 0.438 e. The number of nitrogens with one attached hydrogen (secondary N) is 1. The van der Waals surface area contributed by atoms with E-state index in [1.54, 1.807) is 0 Å². The maximum atomic E-state index is 6.05. The van der Waals surface area contributed by atoms with Crippen LogP contribution in [0.25, 0.3) is 0 Å². The lowest BCUT2D eigenvalue weighted by Gasteiger charge is -2.14. The molecule has 0 atom stereocenters. The molecule has 0 unspecified atom stereocenters. The van der Waals surface area contributed by atoms with Crippen LogP contribution in [0.2, 0.25) is 5.02 Å². The molecular weight excluding hydrogens is 286 g/mol. The summed E-state index contributed by atoms with van der Waals surface area (Å²) in [6.45, 7) is 3.95. The van der Waals surface area contributed by atoms with E-state index in [1.165, 1.54) is 0 Å². The highest BCUT2D eigenvalue weighted by molar-refractivity contribution is 6.30. The fraction of sp³-hybridized carbons (Fsp3) is 0.375. The molecule has 0 spiro atoms. The summed E-state index contributed by atoms with van der Waals surface area (Å²) in [5, 5.41) is 3.76. The van der Waals surface area contributed by atoms with Crippen molar-refractivity contribution in [3.8, 4) is 11.6 Å². The molecule has 110 valence electrons. The van der Waals surface area contributed by atoms with E-state index >= 15 is 0 Å². The summed E-state index contributed by atoms with van der Waals surface area (Å²) in [5.74, 6) is 3.48. The highest BCUT2D eigenvalue weighted by Gasteiger charge is 2.28. The Kier molecular flexibility index (Phi) is 3.72. The summed E-state index contributed by atoms with van der Waals surface area (Å²) in [7, 11) is 1.86. The maximum absolute atomic E-state index is 6.05. The van der Waals surface area contributed by atoms with Crippen LogP contribution in [0, 0.1) is 13.8 Å². The van der Waals surface area contributed by atoms with Gasteiger partial charge in [-0.3, -0.25) is 0 Å². The normalized spacial score (nSPS) is 14.1. The molecule has 1 aliphatic rings. The molecule has 1 N–H and O–H groups in total. The van der Waals surface area contributed by atoms with Gasteiger partial charge in [0, 0.05) is 18.0 Å². The molecular formula is C16H18ClN3O. The number of nitrogens with zero attached hydrogens (tertiary/aromatic N) is 2. The van der Waals surface area contributed by atoms with Gasteiger partial charge in [0.05, 0.1) is 5.56 Å². The summed E-state index contributed by atoms with van der Waals surface area (Å²) in [6.07, 6.45) is 2.31. The van der Waals surface area contributed by atoms with Gasteiger partial charge in [-0.2, -0.15) is 4.98 Å². The van der Waals surface area contributed by atoms with Crippen molar-refractivity contribution in [3.63, 3.8) is 0 Å². The predicted molar refractivity (Wildman–Crippen MR) is 84.6 cm³/mol. The monoisotopic (exact) mass is 303 g/mol. The zero-order valence-electron chi connectivity index (χ0n) is 12.4.